The summed E-state index contributed by atoms with van der Waals surface area (Å²) in [6.07, 6.45) is 2.57. The van der Waals surface area contributed by atoms with Gasteiger partial charge >= 0.3 is 0 Å². The molecule has 14 heavy (non-hydrogen) atoms. The third-order valence-corrected chi connectivity index (χ3v) is 3.91. The van der Waals surface area contributed by atoms with Gasteiger partial charge in [-0.25, -0.2) is 0 Å². The Bertz CT molecular complexity index is 223. The van der Waals surface area contributed by atoms with Gasteiger partial charge in [0.15, 0.2) is 5.17 Å². The van der Waals surface area contributed by atoms with Crippen LogP contribution in [0.5, 0.6) is 0 Å². The zero-order valence-corrected chi connectivity index (χ0v) is 9.81. The molecule has 1 fully saturated rings. The number of hydrogen-bond donors (Lipinski definition) is 1. The monoisotopic (exact) mass is 213 g/mol. The molecule has 0 aliphatic carbocycles. The van der Waals surface area contributed by atoms with Crippen LogP contribution >= 0.6 is 11.8 Å². The Morgan fingerprint density at radius 3 is 3.00 bits per heavy atom. The highest BCUT2D eigenvalue weighted by atomic mass is 32.2. The molecule has 0 radical (unpaired) electrons. The Morgan fingerprint density at radius 2 is 2.36 bits per heavy atom. The molecule has 2 rings (SSSR count). The molecule has 3 nitrogen and oxygen atoms in total. The van der Waals surface area contributed by atoms with E-state index >= 15 is 0 Å². The Morgan fingerprint density at radius 1 is 1.57 bits per heavy atom. The van der Waals surface area contributed by atoms with Gasteiger partial charge in [0.2, 0.25) is 0 Å². The number of amidine groups is 1. The van der Waals surface area contributed by atoms with Gasteiger partial charge in [-0.3, -0.25) is 4.99 Å². The van der Waals surface area contributed by atoms with Crippen LogP contribution in [-0.4, -0.2) is 48.0 Å². The molecule has 0 aromatic rings. The summed E-state index contributed by atoms with van der Waals surface area (Å²) in [5, 5.41) is 5.42. The lowest BCUT2D eigenvalue weighted by atomic mass is 10.1. The Hall–Kier alpha value is -0.220. The molecule has 0 aromatic carbocycles. The number of likely N-dealkylation sites (N-methyl/N-ethyl adjacent to an activating group) is 1. The van der Waals surface area contributed by atoms with Crippen LogP contribution in [0, 0.1) is 0 Å². The summed E-state index contributed by atoms with van der Waals surface area (Å²) >= 11 is 1.93. The van der Waals surface area contributed by atoms with Crippen molar-refractivity contribution in [3.63, 3.8) is 0 Å². The average Bonchev–Trinajstić information content (AvgIpc) is 2.51. The Kier molecular flexibility index (Phi) is 3.34. The molecule has 1 saturated heterocycles. The van der Waals surface area contributed by atoms with Gasteiger partial charge in [-0.15, -0.1) is 0 Å². The van der Waals surface area contributed by atoms with Gasteiger partial charge in [-0.05, 0) is 13.5 Å². The highest BCUT2D eigenvalue weighted by Gasteiger charge is 2.26. The van der Waals surface area contributed by atoms with Crippen molar-refractivity contribution in [1.29, 1.82) is 0 Å². The molecule has 0 aromatic heterocycles. The van der Waals surface area contributed by atoms with Crippen molar-refractivity contribution in [3.8, 4) is 0 Å². The van der Waals surface area contributed by atoms with Crippen LogP contribution in [0.2, 0.25) is 0 Å². The van der Waals surface area contributed by atoms with Crippen molar-refractivity contribution >= 4 is 16.9 Å². The molecule has 0 saturated carbocycles. The van der Waals surface area contributed by atoms with E-state index in [1.54, 1.807) is 0 Å². The first-order chi connectivity index (χ1) is 6.78. The second-order valence-corrected chi connectivity index (χ2v) is 5.53. The predicted molar refractivity (Wildman–Crippen MR) is 63.0 cm³/mol. The van der Waals surface area contributed by atoms with Crippen molar-refractivity contribution in [2.75, 3.05) is 26.7 Å². The summed E-state index contributed by atoms with van der Waals surface area (Å²) in [7, 11) is 2.15. The fraction of sp³-hybridized carbons (Fsp3) is 0.900. The van der Waals surface area contributed by atoms with Gasteiger partial charge in [0.05, 0.1) is 12.6 Å². The van der Waals surface area contributed by atoms with E-state index in [9.17, 15) is 0 Å². The molecule has 1 N–H and O–H groups in total. The van der Waals surface area contributed by atoms with Gasteiger partial charge in [0.25, 0.3) is 0 Å². The summed E-state index contributed by atoms with van der Waals surface area (Å²) in [6, 6.07) is 0.645. The second-order valence-electron chi connectivity index (χ2n) is 4.24. The molecule has 4 heteroatoms. The topological polar surface area (TPSA) is 27.6 Å². The minimum Gasteiger partial charge on any atom is -0.360 e. The third kappa shape index (κ3) is 2.42. The fourth-order valence-electron chi connectivity index (χ4n) is 1.93. The normalized spacial score (nSPS) is 28.7. The van der Waals surface area contributed by atoms with Crippen LogP contribution in [0.3, 0.4) is 0 Å². The van der Waals surface area contributed by atoms with Gasteiger partial charge in [-0.2, -0.15) is 0 Å². The average molecular weight is 213 g/mol. The summed E-state index contributed by atoms with van der Waals surface area (Å²) in [6.45, 7) is 5.59. The van der Waals surface area contributed by atoms with E-state index in [0.717, 1.165) is 24.9 Å². The zero-order valence-electron chi connectivity index (χ0n) is 8.99. The van der Waals surface area contributed by atoms with E-state index in [0.29, 0.717) is 6.04 Å². The number of hydrogen-bond acceptors (Lipinski definition) is 4. The summed E-state index contributed by atoms with van der Waals surface area (Å²) < 4.78 is 0. The van der Waals surface area contributed by atoms with Crippen LogP contribution in [0.25, 0.3) is 0 Å². The Balaban J connectivity index is 1.68. The highest BCUT2D eigenvalue weighted by Crippen LogP contribution is 2.24. The molecular weight excluding hydrogens is 194 g/mol. The maximum absolute atomic E-state index is 4.53. The van der Waals surface area contributed by atoms with Gasteiger partial charge in [0.1, 0.15) is 0 Å². The molecule has 1 atom stereocenters. The number of rotatable bonds is 3. The van der Waals surface area contributed by atoms with Gasteiger partial charge in [0, 0.05) is 18.3 Å². The SMILES string of the molecule is CCCC1CN=C(NC2CN(C)C2)S1. The van der Waals surface area contributed by atoms with Crippen molar-refractivity contribution in [3.05, 3.63) is 0 Å². The molecule has 2 aliphatic heterocycles. The van der Waals surface area contributed by atoms with Crippen LogP contribution in [-0.2, 0) is 0 Å². The van der Waals surface area contributed by atoms with E-state index in [-0.39, 0.29) is 0 Å². The number of aliphatic imine (C=N–C) groups is 1. The molecule has 0 bridgehead atoms. The standard InChI is InChI=1S/C10H19N3S/c1-3-4-9-5-11-10(14-9)12-8-6-13(2)7-8/h8-9H,3-7H2,1-2H3,(H,11,12). The number of thioether (sulfide) groups is 1. The van der Waals surface area contributed by atoms with Crippen molar-refractivity contribution in [2.45, 2.75) is 31.1 Å². The molecule has 80 valence electrons. The third-order valence-electron chi connectivity index (χ3n) is 2.72. The second kappa shape index (κ2) is 4.53. The molecule has 0 spiro atoms. The first-order valence-electron chi connectivity index (χ1n) is 5.44. The molecule has 2 heterocycles. The van der Waals surface area contributed by atoms with E-state index < -0.39 is 0 Å². The predicted octanol–water partition coefficient (Wildman–Crippen LogP) is 1.16. The van der Waals surface area contributed by atoms with E-state index in [1.807, 2.05) is 11.8 Å². The van der Waals surface area contributed by atoms with Gasteiger partial charge < -0.3 is 10.2 Å². The van der Waals surface area contributed by atoms with Crippen molar-refractivity contribution in [1.82, 2.24) is 10.2 Å². The van der Waals surface area contributed by atoms with Gasteiger partial charge in [-0.1, -0.05) is 25.1 Å². The van der Waals surface area contributed by atoms with E-state index in [2.05, 4.69) is 29.2 Å². The zero-order chi connectivity index (χ0) is 9.97. The lowest BCUT2D eigenvalue weighted by Gasteiger charge is -2.36. The van der Waals surface area contributed by atoms with E-state index in [4.69, 9.17) is 0 Å². The van der Waals surface area contributed by atoms with Crippen LogP contribution in [0.15, 0.2) is 4.99 Å². The summed E-state index contributed by atoms with van der Waals surface area (Å²) in [5.41, 5.74) is 0. The lowest BCUT2D eigenvalue weighted by molar-refractivity contribution is 0.178. The quantitative estimate of drug-likeness (QED) is 0.762. The fourth-order valence-corrected chi connectivity index (χ4v) is 3.14. The molecular formula is C10H19N3S. The van der Waals surface area contributed by atoms with Crippen LogP contribution in [0.1, 0.15) is 19.8 Å². The first-order valence-corrected chi connectivity index (χ1v) is 6.32. The van der Waals surface area contributed by atoms with Crippen LogP contribution in [0.4, 0.5) is 0 Å². The summed E-state index contributed by atoms with van der Waals surface area (Å²) in [5.74, 6) is 0. The number of nitrogens with one attached hydrogen (secondary N) is 1. The molecule has 1 unspecified atom stereocenters. The molecule has 0 amide bonds. The maximum Gasteiger partial charge on any atom is 0.157 e. The van der Waals surface area contributed by atoms with Crippen molar-refractivity contribution in [2.24, 2.45) is 4.99 Å². The maximum atomic E-state index is 4.53. The minimum atomic E-state index is 0.645. The smallest absolute Gasteiger partial charge is 0.157 e. The number of likely N-dealkylation sites (tertiary alicyclic amines) is 1. The van der Waals surface area contributed by atoms with E-state index in [1.165, 1.54) is 18.0 Å². The summed E-state index contributed by atoms with van der Waals surface area (Å²) in [4.78, 5) is 6.85. The van der Waals surface area contributed by atoms with Crippen LogP contribution < -0.4 is 5.32 Å². The highest BCUT2D eigenvalue weighted by molar-refractivity contribution is 8.14. The molecule has 2 aliphatic rings. The van der Waals surface area contributed by atoms with Crippen molar-refractivity contribution < 1.29 is 0 Å². The largest absolute Gasteiger partial charge is 0.360 e. The first kappa shape index (κ1) is 10.3. The lowest BCUT2D eigenvalue weighted by Crippen LogP contribution is -2.56. The Labute approximate surface area is 90.3 Å². The minimum absolute atomic E-state index is 0.645. The number of nitrogens with zero attached hydrogens (tertiary/aromatic N) is 2.